The lowest BCUT2D eigenvalue weighted by molar-refractivity contribution is -0.114. The molecule has 1 saturated heterocycles. The fraction of sp³-hybridized carbons (Fsp3) is 0.348. The minimum Gasteiger partial charge on any atom is -0.349 e. The predicted octanol–water partition coefficient (Wildman–Crippen LogP) is 3.30. The van der Waals surface area contributed by atoms with E-state index in [1.165, 1.54) is 12.5 Å². The number of hydrogen-bond donors (Lipinski definition) is 2. The summed E-state index contributed by atoms with van der Waals surface area (Å²) in [7, 11) is 0. The van der Waals surface area contributed by atoms with Crippen LogP contribution in [0.1, 0.15) is 51.6 Å². The molecule has 2 N–H and O–H groups in total. The highest BCUT2D eigenvalue weighted by Gasteiger charge is 2.25. The van der Waals surface area contributed by atoms with Crippen LogP contribution in [0.15, 0.2) is 42.5 Å². The molecule has 0 aliphatic carbocycles. The average molecular weight is 393 g/mol. The Labute approximate surface area is 171 Å². The van der Waals surface area contributed by atoms with E-state index in [0.29, 0.717) is 42.7 Å². The number of likely N-dealkylation sites (tertiary alicyclic amines) is 1. The average Bonchev–Trinajstić information content (AvgIpc) is 2.70. The summed E-state index contributed by atoms with van der Waals surface area (Å²) in [5.41, 5.74) is 4.10. The van der Waals surface area contributed by atoms with Crippen LogP contribution in [-0.4, -0.2) is 41.8 Å². The SMILES string of the molecule is CC(=O)Nc1cccc(C(=O)NC2CCN(C(=O)c3ccc(C)c(C)c3)CC2)c1. The summed E-state index contributed by atoms with van der Waals surface area (Å²) in [4.78, 5) is 38.3. The first kappa shape index (κ1) is 20.6. The minimum absolute atomic E-state index is 0.0238. The number of nitrogens with zero attached hydrogens (tertiary/aromatic N) is 1. The van der Waals surface area contributed by atoms with Crippen LogP contribution in [0.3, 0.4) is 0 Å². The van der Waals surface area contributed by atoms with Crippen molar-refractivity contribution >= 4 is 23.4 Å². The lowest BCUT2D eigenvalue weighted by atomic mass is 10.0. The Morgan fingerprint density at radius 3 is 2.31 bits per heavy atom. The van der Waals surface area contributed by atoms with E-state index in [-0.39, 0.29) is 23.8 Å². The van der Waals surface area contributed by atoms with Crippen molar-refractivity contribution in [1.82, 2.24) is 10.2 Å². The summed E-state index contributed by atoms with van der Waals surface area (Å²) < 4.78 is 0. The lowest BCUT2D eigenvalue weighted by Crippen LogP contribution is -2.46. The second kappa shape index (κ2) is 8.90. The van der Waals surface area contributed by atoms with Crippen LogP contribution in [-0.2, 0) is 4.79 Å². The highest BCUT2D eigenvalue weighted by Crippen LogP contribution is 2.17. The zero-order valence-electron chi connectivity index (χ0n) is 17.1. The first-order chi connectivity index (χ1) is 13.8. The normalized spacial score (nSPS) is 14.4. The van der Waals surface area contributed by atoms with Crippen molar-refractivity contribution in [2.24, 2.45) is 0 Å². The zero-order chi connectivity index (χ0) is 21.0. The summed E-state index contributed by atoms with van der Waals surface area (Å²) in [6.45, 7) is 6.70. The molecule has 3 amide bonds. The number of carbonyl (C=O) groups excluding carboxylic acids is 3. The zero-order valence-corrected chi connectivity index (χ0v) is 17.1. The Kier molecular flexibility index (Phi) is 6.32. The second-order valence-corrected chi connectivity index (χ2v) is 7.60. The van der Waals surface area contributed by atoms with Crippen LogP contribution < -0.4 is 10.6 Å². The van der Waals surface area contributed by atoms with Gasteiger partial charge in [0.25, 0.3) is 11.8 Å². The number of anilines is 1. The molecule has 0 unspecified atom stereocenters. The van der Waals surface area contributed by atoms with Crippen molar-refractivity contribution < 1.29 is 14.4 Å². The first-order valence-electron chi connectivity index (χ1n) is 9.88. The standard InChI is InChI=1S/C23H27N3O3/c1-15-7-8-19(13-16(15)2)23(29)26-11-9-20(10-12-26)25-22(28)18-5-4-6-21(14-18)24-17(3)27/h4-8,13-14,20H,9-12H2,1-3H3,(H,24,27)(H,25,28). The van der Waals surface area contributed by atoms with Crippen molar-refractivity contribution in [1.29, 1.82) is 0 Å². The van der Waals surface area contributed by atoms with Crippen molar-refractivity contribution in [3.8, 4) is 0 Å². The van der Waals surface area contributed by atoms with Gasteiger partial charge in [0.05, 0.1) is 0 Å². The fourth-order valence-corrected chi connectivity index (χ4v) is 3.49. The van der Waals surface area contributed by atoms with Gasteiger partial charge in [-0.05, 0) is 68.1 Å². The van der Waals surface area contributed by atoms with Crippen LogP contribution in [0.5, 0.6) is 0 Å². The maximum absolute atomic E-state index is 12.7. The van der Waals surface area contributed by atoms with Crippen LogP contribution >= 0.6 is 0 Å². The molecule has 29 heavy (non-hydrogen) atoms. The molecule has 2 aromatic carbocycles. The van der Waals surface area contributed by atoms with E-state index in [0.717, 1.165) is 5.56 Å². The molecule has 1 heterocycles. The number of nitrogens with one attached hydrogen (secondary N) is 2. The summed E-state index contributed by atoms with van der Waals surface area (Å²) in [5, 5.41) is 5.72. The number of piperidine rings is 1. The van der Waals surface area contributed by atoms with Gasteiger partial charge in [0.15, 0.2) is 0 Å². The molecule has 1 fully saturated rings. The van der Waals surface area contributed by atoms with E-state index in [1.807, 2.05) is 36.9 Å². The molecule has 0 atom stereocenters. The van der Waals surface area contributed by atoms with Gasteiger partial charge in [-0.25, -0.2) is 0 Å². The van der Waals surface area contributed by atoms with Crippen LogP contribution in [0.25, 0.3) is 0 Å². The van der Waals surface area contributed by atoms with Gasteiger partial charge in [-0.15, -0.1) is 0 Å². The Balaban J connectivity index is 1.55. The third-order valence-electron chi connectivity index (χ3n) is 5.32. The Morgan fingerprint density at radius 1 is 0.931 bits per heavy atom. The molecule has 0 spiro atoms. The molecule has 2 aromatic rings. The minimum atomic E-state index is -0.177. The molecule has 6 heteroatoms. The molecule has 152 valence electrons. The van der Waals surface area contributed by atoms with Crippen molar-refractivity contribution in [3.63, 3.8) is 0 Å². The number of hydrogen-bond acceptors (Lipinski definition) is 3. The van der Waals surface area contributed by atoms with Gasteiger partial charge < -0.3 is 15.5 Å². The third-order valence-corrected chi connectivity index (χ3v) is 5.32. The van der Waals surface area contributed by atoms with E-state index in [2.05, 4.69) is 10.6 Å². The van der Waals surface area contributed by atoms with E-state index in [9.17, 15) is 14.4 Å². The summed E-state index contributed by atoms with van der Waals surface area (Å²) >= 11 is 0. The van der Waals surface area contributed by atoms with Gasteiger partial charge in [-0.1, -0.05) is 12.1 Å². The van der Waals surface area contributed by atoms with Gasteiger partial charge >= 0.3 is 0 Å². The molecule has 1 aliphatic rings. The summed E-state index contributed by atoms with van der Waals surface area (Å²) in [6, 6.07) is 12.7. The van der Waals surface area contributed by atoms with Gasteiger partial charge in [0.1, 0.15) is 0 Å². The van der Waals surface area contributed by atoms with Crippen LogP contribution in [0.4, 0.5) is 5.69 Å². The molecular weight excluding hydrogens is 366 g/mol. The molecule has 0 saturated carbocycles. The number of benzene rings is 2. The van der Waals surface area contributed by atoms with E-state index >= 15 is 0 Å². The Morgan fingerprint density at radius 2 is 1.66 bits per heavy atom. The Hall–Kier alpha value is -3.15. The quantitative estimate of drug-likeness (QED) is 0.837. The molecule has 3 rings (SSSR count). The number of carbonyl (C=O) groups is 3. The van der Waals surface area contributed by atoms with E-state index in [4.69, 9.17) is 0 Å². The molecule has 0 bridgehead atoms. The largest absolute Gasteiger partial charge is 0.349 e. The van der Waals surface area contributed by atoms with Crippen LogP contribution in [0.2, 0.25) is 0 Å². The molecule has 0 radical (unpaired) electrons. The van der Waals surface area contributed by atoms with Crippen molar-refractivity contribution in [2.75, 3.05) is 18.4 Å². The van der Waals surface area contributed by atoms with E-state index < -0.39 is 0 Å². The molecule has 1 aliphatic heterocycles. The first-order valence-corrected chi connectivity index (χ1v) is 9.88. The maximum Gasteiger partial charge on any atom is 0.253 e. The van der Waals surface area contributed by atoms with Gasteiger partial charge in [0, 0.05) is 42.9 Å². The summed E-state index contributed by atoms with van der Waals surface area (Å²) in [6.07, 6.45) is 1.43. The van der Waals surface area contributed by atoms with Crippen molar-refractivity contribution in [3.05, 3.63) is 64.7 Å². The third kappa shape index (κ3) is 5.22. The highest BCUT2D eigenvalue weighted by molar-refractivity contribution is 5.97. The monoisotopic (exact) mass is 393 g/mol. The topological polar surface area (TPSA) is 78.5 Å². The van der Waals surface area contributed by atoms with Gasteiger partial charge in [0.2, 0.25) is 5.91 Å². The Bertz CT molecular complexity index is 931. The summed E-state index contributed by atoms with van der Waals surface area (Å²) in [5.74, 6) is -0.305. The fourth-order valence-electron chi connectivity index (χ4n) is 3.49. The number of rotatable bonds is 4. The number of aryl methyl sites for hydroxylation is 2. The van der Waals surface area contributed by atoms with Crippen LogP contribution in [0, 0.1) is 13.8 Å². The lowest BCUT2D eigenvalue weighted by Gasteiger charge is -2.32. The molecular formula is C23H27N3O3. The van der Waals surface area contributed by atoms with Gasteiger partial charge in [-0.2, -0.15) is 0 Å². The second-order valence-electron chi connectivity index (χ2n) is 7.60. The molecule has 0 aromatic heterocycles. The smallest absolute Gasteiger partial charge is 0.253 e. The van der Waals surface area contributed by atoms with E-state index in [1.54, 1.807) is 24.3 Å². The van der Waals surface area contributed by atoms with Gasteiger partial charge in [-0.3, -0.25) is 14.4 Å². The molecule has 6 nitrogen and oxygen atoms in total. The van der Waals surface area contributed by atoms with Crippen molar-refractivity contribution in [2.45, 2.75) is 39.7 Å². The predicted molar refractivity (Wildman–Crippen MR) is 113 cm³/mol. The highest BCUT2D eigenvalue weighted by atomic mass is 16.2. The number of amides is 3. The maximum atomic E-state index is 12.7.